The molecule has 0 heterocycles. The predicted octanol–water partition coefficient (Wildman–Crippen LogP) is 0.233. The molecule has 1 aromatic rings. The molecule has 0 spiro atoms. The molecule has 0 bridgehead atoms. The van der Waals surface area contributed by atoms with Crippen molar-refractivity contribution in [2.45, 2.75) is 17.9 Å². The number of benzene rings is 1. The number of carbonyl (C=O) groups excluding carboxylic acids is 1. The fourth-order valence-corrected chi connectivity index (χ4v) is 2.68. The van der Waals surface area contributed by atoms with E-state index in [1.165, 1.54) is 27.2 Å². The van der Waals surface area contributed by atoms with Gasteiger partial charge in [-0.15, -0.1) is 0 Å². The van der Waals surface area contributed by atoms with Crippen molar-refractivity contribution in [2.24, 2.45) is 0 Å². The molecule has 0 aromatic heterocycles. The SMILES string of the molecule is COC(=O)c1ccc(S(=O)(=O)NC(C)C(=O)O)cc1OC. The summed E-state index contributed by atoms with van der Waals surface area (Å²) in [5.74, 6) is -1.98. The summed E-state index contributed by atoms with van der Waals surface area (Å²) in [5.41, 5.74) is 0.0604. The van der Waals surface area contributed by atoms with Gasteiger partial charge in [0.1, 0.15) is 17.4 Å². The summed E-state index contributed by atoms with van der Waals surface area (Å²) in [7, 11) is -1.60. The molecule has 0 aliphatic carbocycles. The van der Waals surface area contributed by atoms with Crippen LogP contribution in [0.3, 0.4) is 0 Å². The second-order valence-corrected chi connectivity index (χ2v) is 5.75. The summed E-state index contributed by atoms with van der Waals surface area (Å²) in [6.45, 7) is 1.19. The van der Waals surface area contributed by atoms with Crippen LogP contribution in [0.2, 0.25) is 0 Å². The number of aliphatic carboxylic acids is 1. The summed E-state index contributed by atoms with van der Waals surface area (Å²) in [6.07, 6.45) is 0. The Labute approximate surface area is 121 Å². The van der Waals surface area contributed by atoms with Gasteiger partial charge >= 0.3 is 11.9 Å². The largest absolute Gasteiger partial charge is 0.496 e. The molecule has 8 nitrogen and oxygen atoms in total. The lowest BCUT2D eigenvalue weighted by molar-refractivity contribution is -0.138. The number of carbonyl (C=O) groups is 2. The van der Waals surface area contributed by atoms with E-state index in [4.69, 9.17) is 9.84 Å². The van der Waals surface area contributed by atoms with Crippen molar-refractivity contribution in [1.82, 2.24) is 4.72 Å². The van der Waals surface area contributed by atoms with Crippen LogP contribution in [0, 0.1) is 0 Å². The van der Waals surface area contributed by atoms with Gasteiger partial charge in [-0.25, -0.2) is 13.2 Å². The monoisotopic (exact) mass is 317 g/mol. The Morgan fingerprint density at radius 3 is 2.38 bits per heavy atom. The maximum atomic E-state index is 12.0. The predicted molar refractivity (Wildman–Crippen MR) is 71.8 cm³/mol. The van der Waals surface area contributed by atoms with Gasteiger partial charge < -0.3 is 14.6 Å². The van der Waals surface area contributed by atoms with Crippen LogP contribution in [0.1, 0.15) is 17.3 Å². The molecule has 0 amide bonds. The highest BCUT2D eigenvalue weighted by Gasteiger charge is 2.23. The first kappa shape index (κ1) is 16.9. The van der Waals surface area contributed by atoms with Gasteiger partial charge in [0.2, 0.25) is 10.0 Å². The Bertz CT molecular complexity index is 654. The minimum Gasteiger partial charge on any atom is -0.496 e. The fraction of sp³-hybridized carbons (Fsp3) is 0.333. The molecule has 0 aliphatic rings. The van der Waals surface area contributed by atoms with Gasteiger partial charge in [-0.3, -0.25) is 4.79 Å². The maximum absolute atomic E-state index is 12.0. The topological polar surface area (TPSA) is 119 Å². The van der Waals surface area contributed by atoms with Gasteiger partial charge in [-0.05, 0) is 19.1 Å². The highest BCUT2D eigenvalue weighted by molar-refractivity contribution is 7.89. The van der Waals surface area contributed by atoms with Crippen molar-refractivity contribution in [3.05, 3.63) is 23.8 Å². The summed E-state index contributed by atoms with van der Waals surface area (Å²) in [4.78, 5) is 22.0. The highest BCUT2D eigenvalue weighted by atomic mass is 32.2. The Hall–Kier alpha value is -2.13. The van der Waals surface area contributed by atoms with Crippen molar-refractivity contribution in [3.8, 4) is 5.75 Å². The number of hydrogen-bond donors (Lipinski definition) is 2. The van der Waals surface area contributed by atoms with Crippen LogP contribution in [0.5, 0.6) is 5.75 Å². The standard InChI is InChI=1S/C12H15NO7S/c1-7(11(14)15)13-21(17,18)8-4-5-9(12(16)20-3)10(6-8)19-2/h4-7,13H,1-3H3,(H,14,15). The Morgan fingerprint density at radius 1 is 1.29 bits per heavy atom. The van der Waals surface area contributed by atoms with Crippen molar-refractivity contribution in [1.29, 1.82) is 0 Å². The van der Waals surface area contributed by atoms with E-state index in [2.05, 4.69) is 4.74 Å². The summed E-state index contributed by atoms with van der Waals surface area (Å²) < 4.78 is 35.5. The van der Waals surface area contributed by atoms with Gasteiger partial charge in [0, 0.05) is 6.07 Å². The second kappa shape index (κ2) is 6.55. The summed E-state index contributed by atoms with van der Waals surface area (Å²) in [6, 6.07) is 2.21. The number of methoxy groups -OCH3 is 2. The number of carboxylic acid groups (broad SMARTS) is 1. The molecular formula is C12H15NO7S. The Morgan fingerprint density at radius 2 is 1.90 bits per heavy atom. The average Bonchev–Trinajstić information content (AvgIpc) is 2.45. The molecule has 1 rings (SSSR count). The molecule has 9 heteroatoms. The molecule has 1 unspecified atom stereocenters. The molecule has 0 aliphatic heterocycles. The van der Waals surface area contributed by atoms with Crippen LogP contribution < -0.4 is 9.46 Å². The van der Waals surface area contributed by atoms with Crippen LogP contribution in [0.15, 0.2) is 23.1 Å². The molecule has 21 heavy (non-hydrogen) atoms. The lowest BCUT2D eigenvalue weighted by Crippen LogP contribution is -2.38. The van der Waals surface area contributed by atoms with E-state index in [1.807, 2.05) is 4.72 Å². The van der Waals surface area contributed by atoms with Crippen molar-refractivity contribution < 1.29 is 32.6 Å². The van der Waals surface area contributed by atoms with E-state index < -0.39 is 28.0 Å². The molecular weight excluding hydrogens is 302 g/mol. The normalized spacial score (nSPS) is 12.5. The zero-order valence-electron chi connectivity index (χ0n) is 11.6. The molecule has 116 valence electrons. The van der Waals surface area contributed by atoms with E-state index in [0.717, 1.165) is 12.1 Å². The van der Waals surface area contributed by atoms with E-state index in [0.29, 0.717) is 0 Å². The number of ether oxygens (including phenoxy) is 2. The van der Waals surface area contributed by atoms with E-state index >= 15 is 0 Å². The lowest BCUT2D eigenvalue weighted by atomic mass is 10.2. The Balaban J connectivity index is 3.20. The van der Waals surface area contributed by atoms with Gasteiger partial charge in [-0.1, -0.05) is 0 Å². The number of carboxylic acids is 1. The minimum atomic E-state index is -4.05. The third-order valence-electron chi connectivity index (χ3n) is 2.59. The second-order valence-electron chi connectivity index (χ2n) is 4.03. The van der Waals surface area contributed by atoms with Crippen molar-refractivity contribution in [2.75, 3.05) is 14.2 Å². The third-order valence-corrected chi connectivity index (χ3v) is 4.13. The maximum Gasteiger partial charge on any atom is 0.341 e. The average molecular weight is 317 g/mol. The lowest BCUT2D eigenvalue weighted by Gasteiger charge is -2.12. The van der Waals surface area contributed by atoms with Crippen LogP contribution >= 0.6 is 0 Å². The third kappa shape index (κ3) is 3.92. The van der Waals surface area contributed by atoms with Crippen LogP contribution in [0.25, 0.3) is 0 Å². The number of hydrogen-bond acceptors (Lipinski definition) is 6. The molecule has 0 fully saturated rings. The first-order valence-electron chi connectivity index (χ1n) is 5.74. The zero-order chi connectivity index (χ0) is 16.2. The van der Waals surface area contributed by atoms with E-state index in [1.54, 1.807) is 0 Å². The van der Waals surface area contributed by atoms with Gasteiger partial charge in [0.25, 0.3) is 0 Å². The summed E-state index contributed by atoms with van der Waals surface area (Å²) >= 11 is 0. The molecule has 0 radical (unpaired) electrons. The first-order chi connectivity index (χ1) is 9.72. The minimum absolute atomic E-state index is 0.00713. The van der Waals surface area contributed by atoms with Crippen LogP contribution in [0.4, 0.5) is 0 Å². The fourth-order valence-electron chi connectivity index (χ4n) is 1.47. The Kier molecular flexibility index (Phi) is 5.28. The van der Waals surface area contributed by atoms with E-state index in [-0.39, 0.29) is 16.2 Å². The number of esters is 1. The number of rotatable bonds is 6. The van der Waals surface area contributed by atoms with Gasteiger partial charge in [0.05, 0.1) is 19.1 Å². The highest BCUT2D eigenvalue weighted by Crippen LogP contribution is 2.23. The van der Waals surface area contributed by atoms with Crippen LogP contribution in [-0.4, -0.2) is 45.7 Å². The summed E-state index contributed by atoms with van der Waals surface area (Å²) in [5, 5.41) is 8.73. The van der Waals surface area contributed by atoms with Crippen molar-refractivity contribution >= 4 is 22.0 Å². The van der Waals surface area contributed by atoms with E-state index in [9.17, 15) is 18.0 Å². The van der Waals surface area contributed by atoms with Gasteiger partial charge in [0.15, 0.2) is 0 Å². The molecule has 2 N–H and O–H groups in total. The van der Waals surface area contributed by atoms with Crippen molar-refractivity contribution in [3.63, 3.8) is 0 Å². The van der Waals surface area contributed by atoms with Crippen LogP contribution in [-0.2, 0) is 19.6 Å². The molecule has 1 aromatic carbocycles. The first-order valence-corrected chi connectivity index (χ1v) is 7.22. The van der Waals surface area contributed by atoms with Gasteiger partial charge in [-0.2, -0.15) is 4.72 Å². The quantitative estimate of drug-likeness (QED) is 0.721. The smallest absolute Gasteiger partial charge is 0.341 e. The number of sulfonamides is 1. The molecule has 0 saturated heterocycles. The zero-order valence-corrected chi connectivity index (χ0v) is 12.4. The molecule has 0 saturated carbocycles. The number of nitrogens with one attached hydrogen (secondary N) is 1. The molecule has 1 atom stereocenters.